The van der Waals surface area contributed by atoms with E-state index in [1.54, 1.807) is 0 Å². The minimum Gasteiger partial charge on any atom is -0.480 e. The van der Waals surface area contributed by atoms with Gasteiger partial charge in [0.1, 0.15) is 0 Å². The molecule has 94 valence electrons. The van der Waals surface area contributed by atoms with Gasteiger partial charge >= 0.3 is 5.97 Å². The second-order valence-corrected chi connectivity index (χ2v) is 5.42. The number of aliphatic carboxylic acids is 1. The average Bonchev–Trinajstić information content (AvgIpc) is 2.25. The summed E-state index contributed by atoms with van der Waals surface area (Å²) in [7, 11) is -0.0690. The van der Waals surface area contributed by atoms with E-state index in [0.717, 1.165) is 11.1 Å². The highest BCUT2D eigenvalue weighted by molar-refractivity contribution is 7.85. The molecule has 0 aromatic heterocycles. The monoisotopic (exact) mass is 256 g/mol. The molecule has 1 rings (SSSR count). The van der Waals surface area contributed by atoms with E-state index in [2.05, 4.69) is 0 Å². The molecule has 0 aliphatic carbocycles. The molecule has 0 spiro atoms. The lowest BCUT2D eigenvalue weighted by Gasteiger charge is -2.11. The van der Waals surface area contributed by atoms with Crippen molar-refractivity contribution in [2.45, 2.75) is 17.9 Å². The summed E-state index contributed by atoms with van der Waals surface area (Å²) < 4.78 is 16.7. The third-order valence-corrected chi connectivity index (χ3v) is 3.89. The van der Waals surface area contributed by atoms with Crippen molar-refractivity contribution in [2.75, 3.05) is 13.7 Å². The van der Waals surface area contributed by atoms with Gasteiger partial charge < -0.3 is 9.84 Å². The molecular weight excluding hydrogens is 240 g/mol. The van der Waals surface area contributed by atoms with Crippen LogP contribution >= 0.6 is 0 Å². The molecule has 0 amide bonds. The van der Waals surface area contributed by atoms with Gasteiger partial charge in [0.25, 0.3) is 0 Å². The van der Waals surface area contributed by atoms with Gasteiger partial charge in [-0.2, -0.15) is 0 Å². The topological polar surface area (TPSA) is 63.6 Å². The molecule has 1 aromatic carbocycles. The largest absolute Gasteiger partial charge is 0.480 e. The van der Waals surface area contributed by atoms with Crippen LogP contribution < -0.4 is 0 Å². The average molecular weight is 256 g/mol. The van der Waals surface area contributed by atoms with E-state index < -0.39 is 22.0 Å². The van der Waals surface area contributed by atoms with Crippen LogP contribution in [-0.2, 0) is 26.1 Å². The third-order valence-electron chi connectivity index (χ3n) is 2.30. The molecule has 0 aliphatic heterocycles. The summed E-state index contributed by atoms with van der Waals surface area (Å²) >= 11 is 0. The Hall–Kier alpha value is -1.20. The molecule has 0 radical (unpaired) electrons. The van der Waals surface area contributed by atoms with E-state index >= 15 is 0 Å². The molecule has 0 heterocycles. The highest BCUT2D eigenvalue weighted by Crippen LogP contribution is 2.10. The zero-order valence-corrected chi connectivity index (χ0v) is 10.7. The SMILES string of the molecule is COCC(C(=O)O)S(=O)Cc1cccc(C)c1. The quantitative estimate of drug-likeness (QED) is 0.834. The lowest BCUT2D eigenvalue weighted by molar-refractivity contribution is -0.137. The molecule has 0 bridgehead atoms. The zero-order valence-electron chi connectivity index (χ0n) is 9.88. The number of hydrogen-bond acceptors (Lipinski definition) is 3. The number of benzene rings is 1. The number of carbonyl (C=O) groups is 1. The number of ether oxygens (including phenoxy) is 1. The third kappa shape index (κ3) is 4.28. The fourth-order valence-corrected chi connectivity index (χ4v) is 2.70. The van der Waals surface area contributed by atoms with Crippen LogP contribution in [0.1, 0.15) is 11.1 Å². The van der Waals surface area contributed by atoms with Gasteiger partial charge in [-0.1, -0.05) is 29.8 Å². The van der Waals surface area contributed by atoms with Crippen molar-refractivity contribution in [2.24, 2.45) is 0 Å². The maximum atomic E-state index is 11.9. The van der Waals surface area contributed by atoms with Crippen molar-refractivity contribution >= 4 is 16.8 Å². The Morgan fingerprint density at radius 3 is 2.76 bits per heavy atom. The predicted molar refractivity (Wildman–Crippen MR) is 66.3 cm³/mol. The minimum absolute atomic E-state index is 0.0340. The normalized spacial score (nSPS) is 14.2. The fraction of sp³-hybridized carbons (Fsp3) is 0.417. The molecule has 0 fully saturated rings. The standard InChI is InChI=1S/C12H16O4S/c1-9-4-3-5-10(6-9)8-17(15)11(7-16-2)12(13)14/h3-6,11H,7-8H2,1-2H3,(H,13,14). The van der Waals surface area contributed by atoms with Gasteiger partial charge in [-0.25, -0.2) is 0 Å². The maximum absolute atomic E-state index is 11.9. The first-order chi connectivity index (χ1) is 8.04. The first kappa shape index (κ1) is 13.9. The first-order valence-electron chi connectivity index (χ1n) is 5.19. The van der Waals surface area contributed by atoms with Crippen molar-refractivity contribution in [1.82, 2.24) is 0 Å². The zero-order chi connectivity index (χ0) is 12.8. The Kier molecular flexibility index (Phi) is 5.31. The highest BCUT2D eigenvalue weighted by atomic mass is 32.2. The van der Waals surface area contributed by atoms with Crippen LogP contribution in [0.15, 0.2) is 24.3 Å². The van der Waals surface area contributed by atoms with Crippen molar-refractivity contribution in [3.63, 3.8) is 0 Å². The van der Waals surface area contributed by atoms with E-state index in [1.807, 2.05) is 31.2 Å². The van der Waals surface area contributed by atoms with E-state index in [1.165, 1.54) is 7.11 Å². The van der Waals surface area contributed by atoms with Crippen LogP contribution in [0.3, 0.4) is 0 Å². The molecule has 4 nitrogen and oxygen atoms in total. The van der Waals surface area contributed by atoms with Crippen molar-refractivity contribution in [3.05, 3.63) is 35.4 Å². The van der Waals surface area contributed by atoms with Crippen molar-refractivity contribution in [3.8, 4) is 0 Å². The second kappa shape index (κ2) is 6.51. The first-order valence-corrected chi connectivity index (χ1v) is 6.57. The van der Waals surface area contributed by atoms with Gasteiger partial charge in [-0.15, -0.1) is 0 Å². The Bertz CT molecular complexity index is 417. The Balaban J connectivity index is 2.73. The summed E-state index contributed by atoms with van der Waals surface area (Å²) in [4.78, 5) is 10.9. The lowest BCUT2D eigenvalue weighted by Crippen LogP contribution is -2.31. The Morgan fingerprint density at radius 1 is 1.53 bits per heavy atom. The van der Waals surface area contributed by atoms with Gasteiger partial charge in [-0.3, -0.25) is 9.00 Å². The Labute approximate surface area is 103 Å². The van der Waals surface area contributed by atoms with Crippen LogP contribution in [0.2, 0.25) is 0 Å². The maximum Gasteiger partial charge on any atom is 0.321 e. The van der Waals surface area contributed by atoms with Crippen LogP contribution in [0.5, 0.6) is 0 Å². The summed E-state index contributed by atoms with van der Waals surface area (Å²) in [6.07, 6.45) is 0. The van der Waals surface area contributed by atoms with E-state index in [-0.39, 0.29) is 12.4 Å². The fourth-order valence-electron chi connectivity index (χ4n) is 1.48. The second-order valence-electron chi connectivity index (χ2n) is 3.80. The van der Waals surface area contributed by atoms with Crippen molar-refractivity contribution in [1.29, 1.82) is 0 Å². The molecule has 1 aromatic rings. The molecule has 2 atom stereocenters. The van der Waals surface area contributed by atoms with E-state index in [9.17, 15) is 9.00 Å². The molecule has 5 heteroatoms. The molecular formula is C12H16O4S. The smallest absolute Gasteiger partial charge is 0.321 e. The number of methoxy groups -OCH3 is 1. The number of carboxylic acids is 1. The molecule has 0 saturated carbocycles. The van der Waals surface area contributed by atoms with Crippen LogP contribution in [0, 0.1) is 6.92 Å². The molecule has 0 aliphatic rings. The molecule has 1 N–H and O–H groups in total. The highest BCUT2D eigenvalue weighted by Gasteiger charge is 2.24. The summed E-state index contributed by atoms with van der Waals surface area (Å²) in [5.74, 6) is -0.847. The number of carboxylic acid groups (broad SMARTS) is 1. The molecule has 2 unspecified atom stereocenters. The van der Waals surface area contributed by atoms with Crippen LogP contribution in [0.25, 0.3) is 0 Å². The predicted octanol–water partition coefficient (Wildman–Crippen LogP) is 1.34. The van der Waals surface area contributed by atoms with Gasteiger partial charge in [-0.05, 0) is 12.5 Å². The molecule has 0 saturated heterocycles. The number of hydrogen-bond donors (Lipinski definition) is 1. The summed E-state index contributed by atoms with van der Waals surface area (Å²) in [6.45, 7) is 1.91. The number of aryl methyl sites for hydroxylation is 1. The van der Waals surface area contributed by atoms with Crippen LogP contribution in [0.4, 0.5) is 0 Å². The minimum atomic E-state index is -1.47. The van der Waals surface area contributed by atoms with E-state index in [4.69, 9.17) is 9.84 Å². The van der Waals surface area contributed by atoms with Gasteiger partial charge in [0, 0.05) is 23.7 Å². The van der Waals surface area contributed by atoms with Gasteiger partial charge in [0.15, 0.2) is 5.25 Å². The summed E-state index contributed by atoms with van der Waals surface area (Å²) in [5.41, 5.74) is 1.95. The van der Waals surface area contributed by atoms with Gasteiger partial charge in [0.05, 0.1) is 6.61 Å². The van der Waals surface area contributed by atoms with E-state index in [0.29, 0.717) is 0 Å². The molecule has 17 heavy (non-hydrogen) atoms. The number of rotatable bonds is 6. The summed E-state index contributed by atoms with van der Waals surface area (Å²) in [6, 6.07) is 7.56. The van der Waals surface area contributed by atoms with Crippen LogP contribution in [-0.4, -0.2) is 34.3 Å². The van der Waals surface area contributed by atoms with Gasteiger partial charge in [0.2, 0.25) is 0 Å². The van der Waals surface area contributed by atoms with Crippen molar-refractivity contribution < 1.29 is 18.8 Å². The Morgan fingerprint density at radius 2 is 2.24 bits per heavy atom. The lowest BCUT2D eigenvalue weighted by atomic mass is 10.2. The summed E-state index contributed by atoms with van der Waals surface area (Å²) in [5, 5.41) is 7.96.